The first-order valence-electron chi connectivity index (χ1n) is 5.56. The third-order valence-electron chi connectivity index (χ3n) is 3.17. The highest BCUT2D eigenvalue weighted by molar-refractivity contribution is 6.29. The van der Waals surface area contributed by atoms with Crippen LogP contribution in [0.3, 0.4) is 0 Å². The van der Waals surface area contributed by atoms with Gasteiger partial charge in [0.2, 0.25) is 0 Å². The Bertz CT molecular complexity index is 304. The number of hydrogen-bond acceptors (Lipinski definition) is 2. The minimum Gasteiger partial charge on any atom is -0.299 e. The van der Waals surface area contributed by atoms with Gasteiger partial charge in [0.25, 0.3) is 0 Å². The Morgan fingerprint density at radius 3 is 2.73 bits per heavy atom. The molecule has 82 valence electrons. The topological polar surface area (TPSA) is 16.1 Å². The first-order chi connectivity index (χ1) is 7.25. The summed E-state index contributed by atoms with van der Waals surface area (Å²) >= 11 is 5.75. The summed E-state index contributed by atoms with van der Waals surface area (Å²) < 4.78 is 0. The fourth-order valence-corrected chi connectivity index (χ4v) is 2.37. The molecule has 15 heavy (non-hydrogen) atoms. The molecule has 2 nitrogen and oxygen atoms in total. The second kappa shape index (κ2) is 4.95. The summed E-state index contributed by atoms with van der Waals surface area (Å²) in [5.74, 6) is 0. The molecule has 0 radical (unpaired) electrons. The highest BCUT2D eigenvalue weighted by atomic mass is 35.5. The molecule has 0 atom stereocenters. The van der Waals surface area contributed by atoms with E-state index in [1.165, 1.54) is 31.2 Å². The van der Waals surface area contributed by atoms with Gasteiger partial charge in [0, 0.05) is 18.8 Å². The fraction of sp³-hybridized carbons (Fsp3) is 0.583. The van der Waals surface area contributed by atoms with E-state index in [-0.39, 0.29) is 0 Å². The Hall–Kier alpha value is -0.600. The largest absolute Gasteiger partial charge is 0.299 e. The zero-order valence-corrected chi connectivity index (χ0v) is 9.87. The molecule has 0 bridgehead atoms. The maximum Gasteiger partial charge on any atom is 0.129 e. The van der Waals surface area contributed by atoms with E-state index in [1.807, 2.05) is 12.3 Å². The van der Waals surface area contributed by atoms with Gasteiger partial charge >= 0.3 is 0 Å². The van der Waals surface area contributed by atoms with Crippen LogP contribution in [0.4, 0.5) is 0 Å². The SMILES string of the molecule is CN(Cc1ccc(Cl)nc1)C1CCCC1. The summed E-state index contributed by atoms with van der Waals surface area (Å²) in [5, 5.41) is 0.572. The van der Waals surface area contributed by atoms with Crippen LogP contribution < -0.4 is 0 Å². The molecular weight excluding hydrogens is 208 g/mol. The fourth-order valence-electron chi connectivity index (χ4n) is 2.26. The molecule has 1 fully saturated rings. The van der Waals surface area contributed by atoms with Crippen molar-refractivity contribution >= 4 is 11.6 Å². The number of pyridine rings is 1. The molecule has 0 aliphatic heterocycles. The lowest BCUT2D eigenvalue weighted by Gasteiger charge is -2.23. The lowest BCUT2D eigenvalue weighted by molar-refractivity contribution is 0.237. The van der Waals surface area contributed by atoms with Crippen molar-refractivity contribution in [3.63, 3.8) is 0 Å². The maximum atomic E-state index is 5.75. The van der Waals surface area contributed by atoms with Gasteiger partial charge in [0.05, 0.1) is 0 Å². The van der Waals surface area contributed by atoms with E-state index >= 15 is 0 Å². The summed E-state index contributed by atoms with van der Waals surface area (Å²) in [6, 6.07) is 4.68. The second-order valence-corrected chi connectivity index (χ2v) is 4.73. The highest BCUT2D eigenvalue weighted by Gasteiger charge is 2.19. The van der Waals surface area contributed by atoms with Gasteiger partial charge in [-0.15, -0.1) is 0 Å². The summed E-state index contributed by atoms with van der Waals surface area (Å²) in [6.45, 7) is 0.981. The normalized spacial score (nSPS) is 17.5. The average molecular weight is 225 g/mol. The standard InChI is InChI=1S/C12H17ClN2/c1-15(11-4-2-3-5-11)9-10-6-7-12(13)14-8-10/h6-8,11H,2-5,9H2,1H3. The first kappa shape index (κ1) is 10.9. The van der Waals surface area contributed by atoms with E-state index in [0.717, 1.165) is 12.6 Å². The van der Waals surface area contributed by atoms with E-state index in [0.29, 0.717) is 5.15 Å². The first-order valence-corrected chi connectivity index (χ1v) is 5.94. The van der Waals surface area contributed by atoms with E-state index in [2.05, 4.69) is 23.0 Å². The molecular formula is C12H17ClN2. The van der Waals surface area contributed by atoms with Gasteiger partial charge in [0.1, 0.15) is 5.15 Å². The quantitative estimate of drug-likeness (QED) is 0.734. The Morgan fingerprint density at radius 2 is 2.13 bits per heavy atom. The van der Waals surface area contributed by atoms with E-state index in [4.69, 9.17) is 11.6 Å². The number of hydrogen-bond donors (Lipinski definition) is 0. The van der Waals surface area contributed by atoms with Crippen LogP contribution >= 0.6 is 11.6 Å². The molecule has 0 saturated heterocycles. The molecule has 1 heterocycles. The third-order valence-corrected chi connectivity index (χ3v) is 3.39. The van der Waals surface area contributed by atoms with Gasteiger partial charge in [-0.3, -0.25) is 4.90 Å². The van der Waals surface area contributed by atoms with Gasteiger partial charge in [-0.05, 0) is 31.5 Å². The molecule has 1 aromatic heterocycles. The predicted molar refractivity (Wildman–Crippen MR) is 63.0 cm³/mol. The van der Waals surface area contributed by atoms with Crippen LogP contribution in [0.5, 0.6) is 0 Å². The smallest absolute Gasteiger partial charge is 0.129 e. The number of rotatable bonds is 3. The molecule has 1 aliphatic rings. The summed E-state index contributed by atoms with van der Waals surface area (Å²) in [7, 11) is 2.20. The lowest BCUT2D eigenvalue weighted by Crippen LogP contribution is -2.28. The van der Waals surface area contributed by atoms with Crippen molar-refractivity contribution in [2.75, 3.05) is 7.05 Å². The minimum absolute atomic E-state index is 0.572. The van der Waals surface area contributed by atoms with Crippen LogP contribution in [0.15, 0.2) is 18.3 Å². The van der Waals surface area contributed by atoms with Crippen molar-refractivity contribution < 1.29 is 0 Å². The molecule has 1 aromatic rings. The second-order valence-electron chi connectivity index (χ2n) is 4.34. The van der Waals surface area contributed by atoms with Crippen LogP contribution in [0.25, 0.3) is 0 Å². The molecule has 0 spiro atoms. The van der Waals surface area contributed by atoms with Crippen LogP contribution in [-0.4, -0.2) is 23.0 Å². The average Bonchev–Trinajstić information content (AvgIpc) is 2.74. The monoisotopic (exact) mass is 224 g/mol. The zero-order valence-electron chi connectivity index (χ0n) is 9.12. The summed E-state index contributed by atoms with van der Waals surface area (Å²) in [5.41, 5.74) is 1.24. The van der Waals surface area contributed by atoms with E-state index in [9.17, 15) is 0 Å². The maximum absolute atomic E-state index is 5.75. The zero-order chi connectivity index (χ0) is 10.7. The van der Waals surface area contributed by atoms with E-state index in [1.54, 1.807) is 0 Å². The molecule has 0 aromatic carbocycles. The summed E-state index contributed by atoms with van der Waals surface area (Å²) in [6.07, 6.45) is 7.32. The van der Waals surface area contributed by atoms with Crippen LogP contribution in [-0.2, 0) is 6.54 Å². The molecule has 3 heteroatoms. The Balaban J connectivity index is 1.92. The van der Waals surface area contributed by atoms with Gasteiger partial charge in [0.15, 0.2) is 0 Å². The Morgan fingerprint density at radius 1 is 1.40 bits per heavy atom. The summed E-state index contributed by atoms with van der Waals surface area (Å²) in [4.78, 5) is 6.53. The van der Waals surface area contributed by atoms with Crippen molar-refractivity contribution in [2.45, 2.75) is 38.3 Å². The van der Waals surface area contributed by atoms with Crippen molar-refractivity contribution in [2.24, 2.45) is 0 Å². The molecule has 1 saturated carbocycles. The molecule has 1 aliphatic carbocycles. The van der Waals surface area contributed by atoms with Crippen molar-refractivity contribution in [1.82, 2.24) is 9.88 Å². The minimum atomic E-state index is 0.572. The number of nitrogens with zero attached hydrogens (tertiary/aromatic N) is 2. The van der Waals surface area contributed by atoms with Crippen LogP contribution in [0, 0.1) is 0 Å². The van der Waals surface area contributed by atoms with Gasteiger partial charge in [-0.1, -0.05) is 30.5 Å². The molecule has 2 rings (SSSR count). The molecule has 0 amide bonds. The third kappa shape index (κ3) is 2.93. The Labute approximate surface area is 96.3 Å². The highest BCUT2D eigenvalue weighted by Crippen LogP contribution is 2.23. The van der Waals surface area contributed by atoms with Crippen molar-refractivity contribution in [3.05, 3.63) is 29.0 Å². The van der Waals surface area contributed by atoms with Crippen molar-refractivity contribution in [1.29, 1.82) is 0 Å². The number of aromatic nitrogens is 1. The van der Waals surface area contributed by atoms with Gasteiger partial charge in [-0.25, -0.2) is 4.98 Å². The van der Waals surface area contributed by atoms with E-state index < -0.39 is 0 Å². The molecule has 0 unspecified atom stereocenters. The van der Waals surface area contributed by atoms with Gasteiger partial charge < -0.3 is 0 Å². The van der Waals surface area contributed by atoms with Gasteiger partial charge in [-0.2, -0.15) is 0 Å². The lowest BCUT2D eigenvalue weighted by atomic mass is 10.2. The number of halogens is 1. The predicted octanol–water partition coefficient (Wildman–Crippen LogP) is 3.11. The van der Waals surface area contributed by atoms with Crippen LogP contribution in [0.1, 0.15) is 31.2 Å². The Kier molecular flexibility index (Phi) is 3.60. The van der Waals surface area contributed by atoms with Crippen LogP contribution in [0.2, 0.25) is 5.15 Å². The molecule has 0 N–H and O–H groups in total. The van der Waals surface area contributed by atoms with Crippen molar-refractivity contribution in [3.8, 4) is 0 Å².